The van der Waals surface area contributed by atoms with Gasteiger partial charge in [0.2, 0.25) is 0 Å². The number of rotatable bonds is 0. The van der Waals surface area contributed by atoms with Crippen LogP contribution in [0.15, 0.2) is 0 Å². The molecule has 3 fully saturated rings. The summed E-state index contributed by atoms with van der Waals surface area (Å²) < 4.78 is 0. The number of fused-ring (bicyclic) bond motifs is 10. The zero-order valence-corrected chi connectivity index (χ0v) is 16.1. The van der Waals surface area contributed by atoms with Crippen LogP contribution in [-0.2, 0) is 0 Å². The maximum absolute atomic E-state index is 4.24. The lowest BCUT2D eigenvalue weighted by molar-refractivity contribution is 0.757. The van der Waals surface area contributed by atoms with Crippen LogP contribution in [0.2, 0.25) is 36.3 Å². The predicted octanol–water partition coefficient (Wildman–Crippen LogP) is 6.43. The molecule has 0 nitrogen and oxygen atoms in total. The molecule has 17 heavy (non-hydrogen) atoms. The molecular formula is C13H26Br2Si2. The fourth-order valence-electron chi connectivity index (χ4n) is 3.58. The maximum atomic E-state index is 4.24. The molecule has 0 aromatic heterocycles. The van der Waals surface area contributed by atoms with Gasteiger partial charge in [-0.1, -0.05) is 44.9 Å². The first kappa shape index (κ1) is 14.8. The minimum absolute atomic E-state index is 1.00. The van der Waals surface area contributed by atoms with Crippen molar-refractivity contribution in [3.05, 3.63) is 0 Å². The van der Waals surface area contributed by atoms with Gasteiger partial charge in [0.15, 0.2) is 0 Å². The Balaban J connectivity index is 2.08. The summed E-state index contributed by atoms with van der Waals surface area (Å²) in [5, 5.41) is 0. The van der Waals surface area contributed by atoms with Crippen LogP contribution < -0.4 is 0 Å². The van der Waals surface area contributed by atoms with Crippen LogP contribution in [-0.4, -0.2) is 13.4 Å². The molecule has 0 aromatic rings. The average Bonchev–Trinajstić information content (AvgIpc) is 2.35. The molecule has 3 aliphatic rings. The van der Waals surface area contributed by atoms with Crippen LogP contribution in [0.5, 0.6) is 0 Å². The van der Waals surface area contributed by atoms with E-state index in [0.717, 1.165) is 0 Å². The van der Waals surface area contributed by atoms with Crippen molar-refractivity contribution in [3.63, 3.8) is 0 Å². The van der Waals surface area contributed by atoms with Gasteiger partial charge in [0.1, 0.15) is 13.4 Å². The highest BCUT2D eigenvalue weighted by atomic mass is 79.9. The summed E-state index contributed by atoms with van der Waals surface area (Å²) >= 11 is 8.47. The van der Waals surface area contributed by atoms with Gasteiger partial charge < -0.3 is 0 Å². The zero-order chi connectivity index (χ0) is 12.2. The molecule has 3 aliphatic heterocycles. The van der Waals surface area contributed by atoms with Crippen molar-refractivity contribution in [2.24, 2.45) is 0 Å². The Morgan fingerprint density at radius 2 is 0.647 bits per heavy atom. The quantitative estimate of drug-likeness (QED) is 0.326. The topological polar surface area (TPSA) is 0 Å². The van der Waals surface area contributed by atoms with Crippen LogP contribution in [0.4, 0.5) is 0 Å². The highest BCUT2D eigenvalue weighted by Gasteiger charge is 2.34. The van der Waals surface area contributed by atoms with Crippen molar-refractivity contribution in [2.45, 2.75) is 81.2 Å². The van der Waals surface area contributed by atoms with Gasteiger partial charge in [0.05, 0.1) is 0 Å². The minimum atomic E-state index is -1.00. The van der Waals surface area contributed by atoms with Crippen LogP contribution in [0, 0.1) is 0 Å². The first-order chi connectivity index (χ1) is 8.12. The second-order valence-electron chi connectivity index (χ2n) is 6.28. The summed E-state index contributed by atoms with van der Waals surface area (Å²) in [5.41, 5.74) is 0. The van der Waals surface area contributed by atoms with Crippen molar-refractivity contribution < 1.29 is 0 Å². The Labute approximate surface area is 125 Å². The van der Waals surface area contributed by atoms with Crippen LogP contribution >= 0.6 is 30.6 Å². The number of hydrogen-bond donors (Lipinski definition) is 0. The van der Waals surface area contributed by atoms with E-state index >= 15 is 0 Å². The number of hydrogen-bond acceptors (Lipinski definition) is 0. The van der Waals surface area contributed by atoms with Crippen LogP contribution in [0.25, 0.3) is 0 Å². The summed E-state index contributed by atoms with van der Waals surface area (Å²) in [4.78, 5) is 0. The normalized spacial score (nSPS) is 41.3. The van der Waals surface area contributed by atoms with E-state index in [-0.39, 0.29) is 0 Å². The van der Waals surface area contributed by atoms with E-state index in [4.69, 9.17) is 0 Å². The largest absolute Gasteiger partial charge is 0.130 e. The Morgan fingerprint density at radius 3 is 0.941 bits per heavy atom. The third kappa shape index (κ3) is 4.77. The van der Waals surface area contributed by atoms with Gasteiger partial charge in [0.25, 0.3) is 0 Å². The van der Waals surface area contributed by atoms with E-state index in [9.17, 15) is 0 Å². The summed E-state index contributed by atoms with van der Waals surface area (Å²) in [5.74, 6) is 0. The van der Waals surface area contributed by atoms with Crippen molar-refractivity contribution in [3.8, 4) is 0 Å². The summed E-state index contributed by atoms with van der Waals surface area (Å²) in [7, 11) is 0. The molecule has 3 saturated heterocycles. The van der Waals surface area contributed by atoms with Crippen molar-refractivity contribution in [1.82, 2.24) is 0 Å². The first-order valence-electron chi connectivity index (χ1n) is 7.50. The molecule has 0 N–H and O–H groups in total. The van der Waals surface area contributed by atoms with Crippen molar-refractivity contribution in [2.75, 3.05) is 0 Å². The van der Waals surface area contributed by atoms with Crippen LogP contribution in [0.3, 0.4) is 0 Å². The van der Waals surface area contributed by atoms with E-state index in [1.54, 1.807) is 36.3 Å². The fourth-order valence-corrected chi connectivity index (χ4v) is 15.4. The van der Waals surface area contributed by atoms with E-state index < -0.39 is 13.4 Å². The monoisotopic (exact) mass is 396 g/mol. The Bertz CT molecular complexity index is 210. The zero-order valence-electron chi connectivity index (χ0n) is 10.9. The molecule has 0 spiro atoms. The third-order valence-electron chi connectivity index (χ3n) is 4.75. The molecule has 0 aliphatic carbocycles. The lowest BCUT2D eigenvalue weighted by atomic mass is 10.3. The second kappa shape index (κ2) is 6.71. The maximum Gasteiger partial charge on any atom is 0.130 e. The van der Waals surface area contributed by atoms with Gasteiger partial charge in [0, 0.05) is 0 Å². The van der Waals surface area contributed by atoms with Gasteiger partial charge in [-0.2, -0.15) is 0 Å². The third-order valence-corrected chi connectivity index (χ3v) is 19.4. The molecule has 0 amide bonds. The molecule has 3 heterocycles. The fraction of sp³-hybridized carbons (Fsp3) is 1.00. The molecule has 2 bridgehead atoms. The van der Waals surface area contributed by atoms with Gasteiger partial charge in [-0.3, -0.25) is 0 Å². The standard InChI is InChI=1S/C13H26Br2Si2/c14-16-8-2-1-3-9-17(15,12-6-4-10-16)13-7-5-11-16/h1-13H2. The summed E-state index contributed by atoms with van der Waals surface area (Å²) in [6, 6.07) is 9.36. The van der Waals surface area contributed by atoms with Gasteiger partial charge in [-0.05, 0) is 36.3 Å². The molecular weight excluding hydrogens is 372 g/mol. The average molecular weight is 398 g/mol. The highest BCUT2D eigenvalue weighted by Crippen LogP contribution is 2.41. The van der Waals surface area contributed by atoms with E-state index in [0.29, 0.717) is 0 Å². The lowest BCUT2D eigenvalue weighted by Crippen LogP contribution is -2.29. The highest BCUT2D eigenvalue weighted by molar-refractivity contribution is 9.26. The van der Waals surface area contributed by atoms with Gasteiger partial charge >= 0.3 is 0 Å². The summed E-state index contributed by atoms with van der Waals surface area (Å²) in [6.07, 6.45) is 10.6. The van der Waals surface area contributed by atoms with Gasteiger partial charge in [-0.15, -0.1) is 30.6 Å². The van der Waals surface area contributed by atoms with E-state index in [1.165, 1.54) is 44.9 Å². The van der Waals surface area contributed by atoms with Crippen molar-refractivity contribution >= 4 is 44.0 Å². The smallest absolute Gasteiger partial charge is 0.126 e. The first-order valence-corrected chi connectivity index (χ1v) is 17.3. The second-order valence-corrected chi connectivity index (χ2v) is 24.0. The Morgan fingerprint density at radius 1 is 0.412 bits per heavy atom. The molecule has 100 valence electrons. The predicted molar refractivity (Wildman–Crippen MR) is 90.5 cm³/mol. The van der Waals surface area contributed by atoms with E-state index in [1.807, 2.05) is 0 Å². The summed E-state index contributed by atoms with van der Waals surface area (Å²) in [6.45, 7) is -2.01. The lowest BCUT2D eigenvalue weighted by Gasteiger charge is -2.29. The minimum Gasteiger partial charge on any atom is -0.126 e. The molecule has 0 radical (unpaired) electrons. The molecule has 0 atom stereocenters. The SMILES string of the molecule is Br[Si]12CCCCC[Si](Br)(CCCC1)CCCC2. The van der Waals surface area contributed by atoms with E-state index in [2.05, 4.69) is 30.6 Å². The molecule has 0 aromatic carbocycles. The molecule has 0 saturated carbocycles. The van der Waals surface area contributed by atoms with Crippen molar-refractivity contribution in [1.29, 1.82) is 0 Å². The molecule has 0 unspecified atom stereocenters. The van der Waals surface area contributed by atoms with Gasteiger partial charge in [-0.25, -0.2) is 0 Å². The molecule has 4 heteroatoms. The number of halogens is 2. The molecule has 3 rings (SSSR count). The Kier molecular flexibility index (Phi) is 5.84. The Hall–Kier alpha value is 1.39. The van der Waals surface area contributed by atoms with Crippen LogP contribution in [0.1, 0.15) is 44.9 Å².